The van der Waals surface area contributed by atoms with Gasteiger partial charge in [0.1, 0.15) is 0 Å². The highest BCUT2D eigenvalue weighted by molar-refractivity contribution is 9.10. The van der Waals surface area contributed by atoms with Crippen LogP contribution >= 0.6 is 15.9 Å². The van der Waals surface area contributed by atoms with Gasteiger partial charge >= 0.3 is 0 Å². The predicted octanol–water partition coefficient (Wildman–Crippen LogP) is 3.22. The lowest BCUT2D eigenvalue weighted by Gasteiger charge is -2.07. The third-order valence-corrected chi connectivity index (χ3v) is 3.71. The van der Waals surface area contributed by atoms with Crippen LogP contribution in [0.25, 0.3) is 11.1 Å². The predicted molar refractivity (Wildman–Crippen MR) is 78.2 cm³/mol. The van der Waals surface area contributed by atoms with Crippen molar-refractivity contribution in [1.29, 1.82) is 0 Å². The summed E-state index contributed by atoms with van der Waals surface area (Å²) in [4.78, 5) is 0. The summed E-state index contributed by atoms with van der Waals surface area (Å²) in [6.45, 7) is 1.68. The summed E-state index contributed by atoms with van der Waals surface area (Å²) in [5, 5.41) is 3.34. The van der Waals surface area contributed by atoms with Gasteiger partial charge in [-0.25, -0.2) is 0 Å². The maximum Gasteiger partial charge on any atom is 0.0448 e. The van der Waals surface area contributed by atoms with E-state index in [-0.39, 0.29) is 0 Å². The van der Waals surface area contributed by atoms with Gasteiger partial charge < -0.3 is 11.1 Å². The van der Waals surface area contributed by atoms with Crippen molar-refractivity contribution < 1.29 is 0 Å². The van der Waals surface area contributed by atoms with Crippen molar-refractivity contribution >= 4 is 15.9 Å². The molecule has 1 aliphatic heterocycles. The van der Waals surface area contributed by atoms with Gasteiger partial charge in [0.2, 0.25) is 0 Å². The summed E-state index contributed by atoms with van der Waals surface area (Å²) in [6.07, 6.45) is 0. The minimum atomic E-state index is 0.532. The summed E-state index contributed by atoms with van der Waals surface area (Å²) >= 11 is 3.59. The Balaban J connectivity index is 1.98. The van der Waals surface area contributed by atoms with Crippen LogP contribution in [-0.4, -0.2) is 6.54 Å². The maximum atomic E-state index is 5.62. The molecule has 18 heavy (non-hydrogen) atoms. The highest BCUT2D eigenvalue weighted by Gasteiger charge is 2.22. The smallest absolute Gasteiger partial charge is 0.0448 e. The fraction of sp³-hybridized carbons (Fsp3) is 0.200. The number of rotatable bonds is 3. The molecule has 0 amide bonds. The van der Waals surface area contributed by atoms with Crippen molar-refractivity contribution in [2.45, 2.75) is 12.6 Å². The van der Waals surface area contributed by atoms with Crippen LogP contribution in [0.4, 0.5) is 0 Å². The molecule has 1 unspecified atom stereocenters. The van der Waals surface area contributed by atoms with E-state index in [2.05, 4.69) is 63.7 Å². The number of nitrogens with one attached hydrogen (secondary N) is 1. The van der Waals surface area contributed by atoms with Crippen molar-refractivity contribution in [2.75, 3.05) is 6.54 Å². The molecule has 2 nitrogen and oxygen atoms in total. The molecule has 1 aliphatic rings. The van der Waals surface area contributed by atoms with Gasteiger partial charge in [-0.3, -0.25) is 0 Å². The van der Waals surface area contributed by atoms with E-state index < -0.39 is 0 Å². The van der Waals surface area contributed by atoms with E-state index in [0.717, 1.165) is 16.6 Å². The highest BCUT2D eigenvalue weighted by atomic mass is 79.9. The zero-order chi connectivity index (χ0) is 12.5. The van der Waals surface area contributed by atoms with Gasteiger partial charge in [-0.05, 0) is 40.5 Å². The average molecular weight is 303 g/mol. The quantitative estimate of drug-likeness (QED) is 0.855. The number of nitrogens with two attached hydrogens (primary N) is 1. The van der Waals surface area contributed by atoms with E-state index in [4.69, 9.17) is 5.73 Å². The van der Waals surface area contributed by atoms with Crippen molar-refractivity contribution in [3.8, 4) is 11.1 Å². The van der Waals surface area contributed by atoms with Crippen LogP contribution in [0.5, 0.6) is 0 Å². The standard InChI is InChI=1S/C15H15BrN2/c16-14-6-12(5-13(7-14)15-9-18-15)11-3-1-10(8-17)2-4-11/h1-7,15,18H,8-9,17H2. The summed E-state index contributed by atoms with van der Waals surface area (Å²) in [7, 11) is 0. The number of hydrogen-bond acceptors (Lipinski definition) is 2. The zero-order valence-electron chi connectivity index (χ0n) is 9.99. The molecule has 3 heteroatoms. The van der Waals surface area contributed by atoms with Gasteiger partial charge in [-0.1, -0.05) is 40.2 Å². The van der Waals surface area contributed by atoms with Crippen molar-refractivity contribution in [3.63, 3.8) is 0 Å². The largest absolute Gasteiger partial charge is 0.326 e. The monoisotopic (exact) mass is 302 g/mol. The van der Waals surface area contributed by atoms with E-state index in [1.165, 1.54) is 16.7 Å². The van der Waals surface area contributed by atoms with Crippen molar-refractivity contribution in [3.05, 3.63) is 58.1 Å². The van der Waals surface area contributed by atoms with Gasteiger partial charge in [0, 0.05) is 23.6 Å². The Hall–Kier alpha value is -1.16. The molecule has 1 atom stereocenters. The normalized spacial score (nSPS) is 17.8. The molecule has 0 spiro atoms. The lowest BCUT2D eigenvalue weighted by Crippen LogP contribution is -1.95. The molecule has 0 radical (unpaired) electrons. The molecule has 2 aromatic carbocycles. The van der Waals surface area contributed by atoms with Gasteiger partial charge in [0.05, 0.1) is 0 Å². The lowest BCUT2D eigenvalue weighted by atomic mass is 10.0. The molecule has 0 aromatic heterocycles. The van der Waals surface area contributed by atoms with Crippen LogP contribution in [0.2, 0.25) is 0 Å². The maximum absolute atomic E-state index is 5.62. The highest BCUT2D eigenvalue weighted by Crippen LogP contribution is 2.30. The fourth-order valence-corrected chi connectivity index (χ4v) is 2.62. The molecule has 0 aliphatic carbocycles. The summed E-state index contributed by atoms with van der Waals surface area (Å²) < 4.78 is 1.13. The number of benzene rings is 2. The minimum absolute atomic E-state index is 0.532. The second-order valence-corrected chi connectivity index (χ2v) is 5.55. The first-order valence-corrected chi connectivity index (χ1v) is 6.89. The Kier molecular flexibility index (Phi) is 3.20. The topological polar surface area (TPSA) is 48.0 Å². The Morgan fingerprint density at radius 1 is 1.11 bits per heavy atom. The summed E-state index contributed by atoms with van der Waals surface area (Å²) in [5.41, 5.74) is 10.6. The molecule has 0 bridgehead atoms. The minimum Gasteiger partial charge on any atom is -0.326 e. The third-order valence-electron chi connectivity index (χ3n) is 3.25. The lowest BCUT2D eigenvalue weighted by molar-refractivity contribution is 1.07. The molecule has 0 saturated carbocycles. The molecular formula is C15H15BrN2. The van der Waals surface area contributed by atoms with Crippen LogP contribution in [0, 0.1) is 0 Å². The number of hydrogen-bond donors (Lipinski definition) is 2. The third kappa shape index (κ3) is 2.48. The van der Waals surface area contributed by atoms with Crippen LogP contribution in [0.3, 0.4) is 0 Å². The fourth-order valence-electron chi connectivity index (χ4n) is 2.11. The van der Waals surface area contributed by atoms with Gasteiger partial charge in [0.25, 0.3) is 0 Å². The Morgan fingerprint density at radius 3 is 2.44 bits per heavy atom. The van der Waals surface area contributed by atoms with Crippen LogP contribution in [-0.2, 0) is 6.54 Å². The van der Waals surface area contributed by atoms with Crippen LogP contribution < -0.4 is 11.1 Å². The molecule has 2 aromatic rings. The number of halogens is 1. The first kappa shape index (κ1) is 11.9. The van der Waals surface area contributed by atoms with Gasteiger partial charge in [0.15, 0.2) is 0 Å². The first-order chi connectivity index (χ1) is 8.76. The summed E-state index contributed by atoms with van der Waals surface area (Å²) in [6, 6.07) is 15.6. The zero-order valence-corrected chi connectivity index (χ0v) is 11.6. The van der Waals surface area contributed by atoms with E-state index in [9.17, 15) is 0 Å². The molecule has 3 N–H and O–H groups in total. The van der Waals surface area contributed by atoms with Crippen LogP contribution in [0.1, 0.15) is 17.2 Å². The second-order valence-electron chi connectivity index (χ2n) is 4.64. The second kappa shape index (κ2) is 4.84. The molecule has 92 valence electrons. The Morgan fingerprint density at radius 2 is 1.83 bits per heavy atom. The van der Waals surface area contributed by atoms with E-state index in [1.807, 2.05) is 0 Å². The average Bonchev–Trinajstić information content (AvgIpc) is 3.22. The Labute approximate surface area is 115 Å². The van der Waals surface area contributed by atoms with E-state index >= 15 is 0 Å². The van der Waals surface area contributed by atoms with Crippen molar-refractivity contribution in [1.82, 2.24) is 5.32 Å². The van der Waals surface area contributed by atoms with Crippen molar-refractivity contribution in [2.24, 2.45) is 5.73 Å². The molecule has 3 rings (SSSR count). The SMILES string of the molecule is NCc1ccc(-c2cc(Br)cc(C3CN3)c2)cc1. The van der Waals surface area contributed by atoms with Gasteiger partial charge in [-0.15, -0.1) is 0 Å². The van der Waals surface area contributed by atoms with Crippen LogP contribution in [0.15, 0.2) is 46.9 Å². The van der Waals surface area contributed by atoms with Gasteiger partial charge in [-0.2, -0.15) is 0 Å². The van der Waals surface area contributed by atoms with E-state index in [0.29, 0.717) is 12.6 Å². The molecule has 1 heterocycles. The molecule has 1 saturated heterocycles. The molecular weight excluding hydrogens is 288 g/mol. The van der Waals surface area contributed by atoms with E-state index in [1.54, 1.807) is 0 Å². The first-order valence-electron chi connectivity index (χ1n) is 6.09. The Bertz CT molecular complexity index is 559. The molecule has 1 fully saturated rings. The summed E-state index contributed by atoms with van der Waals surface area (Å²) in [5.74, 6) is 0.